The van der Waals surface area contributed by atoms with E-state index in [1.54, 1.807) is 11.3 Å². The van der Waals surface area contributed by atoms with E-state index in [-0.39, 0.29) is 6.04 Å². The summed E-state index contributed by atoms with van der Waals surface area (Å²) < 4.78 is 0. The first kappa shape index (κ1) is 10.7. The Hall–Kier alpha value is -0.830. The van der Waals surface area contributed by atoms with Gasteiger partial charge < -0.3 is 5.73 Å². The van der Waals surface area contributed by atoms with Crippen LogP contribution in [0.25, 0.3) is 0 Å². The maximum absolute atomic E-state index is 6.10. The Balaban J connectivity index is 2.11. The molecule has 2 aromatic rings. The number of hydrogen-bond donors (Lipinski definition) is 1. The summed E-state index contributed by atoms with van der Waals surface area (Å²) in [4.78, 5) is 0. The van der Waals surface area contributed by atoms with Crippen molar-refractivity contribution < 1.29 is 0 Å². The van der Waals surface area contributed by atoms with E-state index in [4.69, 9.17) is 17.3 Å². The van der Waals surface area contributed by atoms with E-state index in [2.05, 4.69) is 16.8 Å². The van der Waals surface area contributed by atoms with Gasteiger partial charge in [0.2, 0.25) is 0 Å². The molecule has 1 aromatic carbocycles. The molecule has 15 heavy (non-hydrogen) atoms. The summed E-state index contributed by atoms with van der Waals surface area (Å²) in [7, 11) is 0. The van der Waals surface area contributed by atoms with Gasteiger partial charge in [0.15, 0.2) is 0 Å². The van der Waals surface area contributed by atoms with Gasteiger partial charge in [-0.2, -0.15) is 11.3 Å². The minimum Gasteiger partial charge on any atom is -0.324 e. The maximum atomic E-state index is 6.10. The molecule has 2 rings (SSSR count). The van der Waals surface area contributed by atoms with Crippen LogP contribution in [0.3, 0.4) is 0 Å². The van der Waals surface area contributed by atoms with Crippen molar-refractivity contribution in [3.8, 4) is 0 Å². The topological polar surface area (TPSA) is 26.0 Å². The minimum atomic E-state index is 0.0262. The fourth-order valence-electron chi connectivity index (χ4n) is 1.52. The van der Waals surface area contributed by atoms with Gasteiger partial charge in [0.05, 0.1) is 0 Å². The zero-order chi connectivity index (χ0) is 10.7. The Morgan fingerprint density at radius 3 is 2.87 bits per heavy atom. The average Bonchev–Trinajstić information content (AvgIpc) is 2.70. The molecule has 0 saturated carbocycles. The molecule has 1 atom stereocenters. The van der Waals surface area contributed by atoms with E-state index in [0.29, 0.717) is 0 Å². The summed E-state index contributed by atoms with van der Waals surface area (Å²) in [6.45, 7) is 0. The largest absolute Gasteiger partial charge is 0.324 e. The molecule has 0 fully saturated rings. The second-order valence-electron chi connectivity index (χ2n) is 3.50. The van der Waals surface area contributed by atoms with Crippen LogP contribution in [0.2, 0.25) is 5.02 Å². The van der Waals surface area contributed by atoms with Crippen LogP contribution >= 0.6 is 22.9 Å². The Kier molecular flexibility index (Phi) is 3.41. The molecule has 0 radical (unpaired) electrons. The van der Waals surface area contributed by atoms with Gasteiger partial charge in [0.1, 0.15) is 0 Å². The molecule has 1 heterocycles. The molecule has 3 heteroatoms. The molecule has 0 aliphatic heterocycles. The van der Waals surface area contributed by atoms with Crippen LogP contribution in [-0.2, 0) is 6.42 Å². The number of halogens is 1. The highest BCUT2D eigenvalue weighted by Gasteiger charge is 2.07. The smallest absolute Gasteiger partial charge is 0.0409 e. The third-order valence-corrected chi connectivity index (χ3v) is 3.28. The molecule has 1 unspecified atom stereocenters. The molecule has 0 aliphatic rings. The molecule has 0 amide bonds. The number of benzene rings is 1. The monoisotopic (exact) mass is 237 g/mol. The van der Waals surface area contributed by atoms with E-state index < -0.39 is 0 Å². The van der Waals surface area contributed by atoms with Gasteiger partial charge in [-0.3, -0.25) is 0 Å². The summed E-state index contributed by atoms with van der Waals surface area (Å²) in [5, 5.41) is 4.94. The maximum Gasteiger partial charge on any atom is 0.0409 e. The van der Waals surface area contributed by atoms with Gasteiger partial charge in [0.25, 0.3) is 0 Å². The van der Waals surface area contributed by atoms with Crippen LogP contribution in [0.1, 0.15) is 17.2 Å². The van der Waals surface area contributed by atoms with Crippen molar-refractivity contribution in [3.05, 3.63) is 57.2 Å². The lowest BCUT2D eigenvalue weighted by molar-refractivity contribution is 0.724. The lowest BCUT2D eigenvalue weighted by atomic mass is 10.0. The highest BCUT2D eigenvalue weighted by Crippen LogP contribution is 2.20. The van der Waals surface area contributed by atoms with Gasteiger partial charge in [-0.15, -0.1) is 0 Å². The van der Waals surface area contributed by atoms with Gasteiger partial charge in [-0.05, 0) is 46.5 Å². The molecular weight excluding hydrogens is 226 g/mol. The summed E-state index contributed by atoms with van der Waals surface area (Å²) in [5.41, 5.74) is 8.48. The SMILES string of the molecule is NC(Cc1ccsc1)c1cccc(Cl)c1. The predicted molar refractivity (Wildman–Crippen MR) is 66.4 cm³/mol. The molecular formula is C12H12ClNS. The Morgan fingerprint density at radius 1 is 1.33 bits per heavy atom. The average molecular weight is 238 g/mol. The Morgan fingerprint density at radius 2 is 2.20 bits per heavy atom. The first-order chi connectivity index (χ1) is 7.25. The van der Waals surface area contributed by atoms with E-state index in [0.717, 1.165) is 17.0 Å². The van der Waals surface area contributed by atoms with E-state index in [1.807, 2.05) is 24.3 Å². The Labute approximate surface area is 98.5 Å². The highest BCUT2D eigenvalue weighted by molar-refractivity contribution is 7.07. The normalized spacial score (nSPS) is 12.7. The van der Waals surface area contributed by atoms with E-state index in [9.17, 15) is 0 Å². The number of hydrogen-bond acceptors (Lipinski definition) is 2. The van der Waals surface area contributed by atoms with Crippen LogP contribution in [0.5, 0.6) is 0 Å². The van der Waals surface area contributed by atoms with Gasteiger partial charge >= 0.3 is 0 Å². The van der Waals surface area contributed by atoms with Crippen LogP contribution in [0.4, 0.5) is 0 Å². The zero-order valence-electron chi connectivity index (χ0n) is 8.19. The summed E-state index contributed by atoms with van der Waals surface area (Å²) >= 11 is 7.62. The van der Waals surface area contributed by atoms with Crippen LogP contribution in [0.15, 0.2) is 41.1 Å². The quantitative estimate of drug-likeness (QED) is 0.867. The molecule has 2 N–H and O–H groups in total. The molecule has 1 aromatic heterocycles. The molecule has 0 bridgehead atoms. The van der Waals surface area contributed by atoms with Gasteiger partial charge in [-0.1, -0.05) is 23.7 Å². The molecule has 0 spiro atoms. The molecule has 1 nitrogen and oxygen atoms in total. The lowest BCUT2D eigenvalue weighted by Gasteiger charge is -2.11. The van der Waals surface area contributed by atoms with Crippen molar-refractivity contribution in [2.24, 2.45) is 5.73 Å². The second-order valence-corrected chi connectivity index (χ2v) is 4.71. The fourth-order valence-corrected chi connectivity index (χ4v) is 2.40. The number of nitrogens with two attached hydrogens (primary N) is 1. The first-order valence-electron chi connectivity index (χ1n) is 4.78. The lowest BCUT2D eigenvalue weighted by Crippen LogP contribution is -2.12. The fraction of sp³-hybridized carbons (Fsp3) is 0.167. The van der Waals surface area contributed by atoms with Crippen LogP contribution < -0.4 is 5.73 Å². The highest BCUT2D eigenvalue weighted by atomic mass is 35.5. The third-order valence-electron chi connectivity index (χ3n) is 2.31. The van der Waals surface area contributed by atoms with Crippen molar-refractivity contribution in [2.75, 3.05) is 0 Å². The predicted octanol–water partition coefficient (Wildman–Crippen LogP) is 3.64. The molecule has 78 valence electrons. The van der Waals surface area contributed by atoms with Gasteiger partial charge in [0, 0.05) is 11.1 Å². The minimum absolute atomic E-state index is 0.0262. The summed E-state index contributed by atoms with van der Waals surface area (Å²) in [6, 6.07) is 9.88. The third kappa shape index (κ3) is 2.81. The van der Waals surface area contributed by atoms with Gasteiger partial charge in [-0.25, -0.2) is 0 Å². The summed E-state index contributed by atoms with van der Waals surface area (Å²) in [5.74, 6) is 0. The standard InChI is InChI=1S/C12H12ClNS/c13-11-3-1-2-10(7-11)12(14)6-9-4-5-15-8-9/h1-5,7-8,12H,6,14H2. The van der Waals surface area contributed by atoms with Crippen LogP contribution in [0, 0.1) is 0 Å². The van der Waals surface area contributed by atoms with Crippen LogP contribution in [-0.4, -0.2) is 0 Å². The van der Waals surface area contributed by atoms with Crippen molar-refractivity contribution in [1.29, 1.82) is 0 Å². The Bertz CT molecular complexity index is 425. The van der Waals surface area contributed by atoms with Crippen molar-refractivity contribution in [2.45, 2.75) is 12.5 Å². The van der Waals surface area contributed by atoms with E-state index in [1.165, 1.54) is 5.56 Å². The molecule has 0 saturated heterocycles. The first-order valence-corrected chi connectivity index (χ1v) is 6.10. The van der Waals surface area contributed by atoms with Crippen molar-refractivity contribution >= 4 is 22.9 Å². The molecule has 0 aliphatic carbocycles. The second kappa shape index (κ2) is 4.79. The summed E-state index contributed by atoms with van der Waals surface area (Å²) in [6.07, 6.45) is 0.865. The number of rotatable bonds is 3. The van der Waals surface area contributed by atoms with E-state index >= 15 is 0 Å². The zero-order valence-corrected chi connectivity index (χ0v) is 9.76. The van der Waals surface area contributed by atoms with Crippen molar-refractivity contribution in [3.63, 3.8) is 0 Å². The number of thiophene rings is 1. The van der Waals surface area contributed by atoms with Crippen molar-refractivity contribution in [1.82, 2.24) is 0 Å².